The Labute approximate surface area is 166 Å². The maximum absolute atomic E-state index is 12.4. The summed E-state index contributed by atoms with van der Waals surface area (Å²) in [7, 11) is 0. The molecule has 2 heterocycles. The number of hydrogen-bond acceptors (Lipinski definition) is 4. The number of phenolic OH excluding ortho intramolecular Hbond substituents is 1. The van der Waals surface area contributed by atoms with Crippen molar-refractivity contribution >= 4 is 33.7 Å². The van der Waals surface area contributed by atoms with Crippen LogP contribution in [0.1, 0.15) is 17.5 Å². The fourth-order valence-corrected chi connectivity index (χ4v) is 3.60. The van der Waals surface area contributed by atoms with E-state index in [-0.39, 0.29) is 24.5 Å². The van der Waals surface area contributed by atoms with E-state index in [4.69, 9.17) is 0 Å². The highest BCUT2D eigenvalue weighted by molar-refractivity contribution is 5.88. The number of aromatic nitrogens is 2. The number of phenols is 1. The van der Waals surface area contributed by atoms with E-state index in [1.165, 1.54) is 0 Å². The molecular formula is C22H20N3O4-. The second-order valence-electron chi connectivity index (χ2n) is 7.05. The summed E-state index contributed by atoms with van der Waals surface area (Å²) in [6.45, 7) is 0. The van der Waals surface area contributed by atoms with Crippen LogP contribution in [0.2, 0.25) is 0 Å². The number of fused-ring (bicyclic) bond motifs is 2. The molecule has 0 aliphatic heterocycles. The number of aliphatic carboxylic acids is 1. The summed E-state index contributed by atoms with van der Waals surface area (Å²) in [5.41, 5.74) is 3.47. The van der Waals surface area contributed by atoms with Crippen molar-refractivity contribution in [1.82, 2.24) is 15.3 Å². The number of nitrogens with one attached hydrogen (secondary N) is 3. The maximum atomic E-state index is 12.4. The molecule has 29 heavy (non-hydrogen) atoms. The van der Waals surface area contributed by atoms with Crippen LogP contribution < -0.4 is 10.4 Å². The largest absolute Gasteiger partial charge is 0.548 e. The van der Waals surface area contributed by atoms with Gasteiger partial charge in [-0.15, -0.1) is 0 Å². The van der Waals surface area contributed by atoms with Crippen molar-refractivity contribution in [2.45, 2.75) is 25.3 Å². The van der Waals surface area contributed by atoms with Crippen molar-refractivity contribution in [3.05, 3.63) is 66.0 Å². The number of carboxylic acid groups (broad SMARTS) is 1. The number of hydrogen-bond donors (Lipinski definition) is 4. The lowest BCUT2D eigenvalue weighted by atomic mass is 10.0. The Bertz CT molecular complexity index is 1190. The van der Waals surface area contributed by atoms with Crippen molar-refractivity contribution < 1.29 is 19.8 Å². The van der Waals surface area contributed by atoms with Gasteiger partial charge in [0.25, 0.3) is 0 Å². The number of carboxylic acids is 1. The molecule has 0 saturated heterocycles. The number of aromatic amines is 2. The molecule has 0 aliphatic rings. The van der Waals surface area contributed by atoms with Gasteiger partial charge in [-0.2, -0.15) is 0 Å². The van der Waals surface area contributed by atoms with Gasteiger partial charge in [-0.1, -0.05) is 18.2 Å². The van der Waals surface area contributed by atoms with Crippen LogP contribution in [-0.2, 0) is 22.4 Å². The smallest absolute Gasteiger partial charge is 0.220 e. The molecule has 4 aromatic rings. The van der Waals surface area contributed by atoms with Gasteiger partial charge in [-0.25, -0.2) is 0 Å². The average Bonchev–Trinajstić information content (AvgIpc) is 3.29. The summed E-state index contributed by atoms with van der Waals surface area (Å²) < 4.78 is 0. The number of amides is 1. The Kier molecular flexibility index (Phi) is 4.95. The van der Waals surface area contributed by atoms with E-state index >= 15 is 0 Å². The normalized spacial score (nSPS) is 12.3. The Morgan fingerprint density at radius 3 is 2.52 bits per heavy atom. The Morgan fingerprint density at radius 1 is 1.00 bits per heavy atom. The number of carbonyl (C=O) groups is 2. The SMILES string of the molecule is O=C(CCc1c[nH]c2ccccc12)N[C@@H](Cc1c[nH]c2ccc(O)cc12)C(=O)[O-]. The summed E-state index contributed by atoms with van der Waals surface area (Å²) >= 11 is 0. The molecule has 1 atom stereocenters. The summed E-state index contributed by atoms with van der Waals surface area (Å²) in [6.07, 6.45) is 4.27. The van der Waals surface area contributed by atoms with Crippen molar-refractivity contribution in [2.75, 3.05) is 0 Å². The zero-order chi connectivity index (χ0) is 20.4. The van der Waals surface area contributed by atoms with E-state index in [1.54, 1.807) is 24.4 Å². The third kappa shape index (κ3) is 3.94. The minimum absolute atomic E-state index is 0.0601. The Balaban J connectivity index is 1.43. The van der Waals surface area contributed by atoms with Crippen molar-refractivity contribution in [3.63, 3.8) is 0 Å². The van der Waals surface area contributed by atoms with E-state index < -0.39 is 12.0 Å². The first-order valence-corrected chi connectivity index (χ1v) is 9.35. The first kappa shape index (κ1) is 18.6. The van der Waals surface area contributed by atoms with E-state index in [0.29, 0.717) is 17.4 Å². The van der Waals surface area contributed by atoms with Crippen LogP contribution in [-0.4, -0.2) is 33.0 Å². The summed E-state index contributed by atoms with van der Waals surface area (Å²) in [4.78, 5) is 30.2. The minimum Gasteiger partial charge on any atom is -0.548 e. The number of rotatable bonds is 7. The van der Waals surface area contributed by atoms with Crippen LogP contribution in [0.4, 0.5) is 0 Å². The van der Waals surface area contributed by atoms with Crippen LogP contribution in [0.5, 0.6) is 5.75 Å². The molecule has 1 amide bonds. The molecule has 4 rings (SSSR count). The molecule has 4 N–H and O–H groups in total. The lowest BCUT2D eigenvalue weighted by Crippen LogP contribution is -2.49. The zero-order valence-electron chi connectivity index (χ0n) is 15.6. The molecule has 0 spiro atoms. The van der Waals surface area contributed by atoms with Crippen LogP contribution in [0.25, 0.3) is 21.8 Å². The van der Waals surface area contributed by atoms with Crippen LogP contribution in [0, 0.1) is 0 Å². The third-order valence-electron chi connectivity index (χ3n) is 5.09. The molecule has 0 unspecified atom stereocenters. The standard InChI is InChI=1S/C22H21N3O4/c26-15-6-7-19-17(10-15)14(12-24-19)9-20(22(28)29)25-21(27)8-5-13-11-23-18-4-2-1-3-16(13)18/h1-4,6-7,10-12,20,23-24,26H,5,8-9H2,(H,25,27)(H,28,29)/p-1/t20-/m0/s1. The number of para-hydroxylation sites is 1. The lowest BCUT2D eigenvalue weighted by Gasteiger charge is -2.19. The Morgan fingerprint density at radius 2 is 1.72 bits per heavy atom. The highest BCUT2D eigenvalue weighted by atomic mass is 16.4. The molecule has 0 saturated carbocycles. The molecule has 0 bridgehead atoms. The maximum Gasteiger partial charge on any atom is 0.220 e. The molecule has 0 aliphatic carbocycles. The quantitative estimate of drug-likeness (QED) is 0.384. The van der Waals surface area contributed by atoms with Crippen molar-refractivity contribution in [3.8, 4) is 5.75 Å². The third-order valence-corrected chi connectivity index (χ3v) is 5.09. The van der Waals surface area contributed by atoms with Crippen molar-refractivity contribution in [2.24, 2.45) is 0 Å². The van der Waals surface area contributed by atoms with Gasteiger partial charge >= 0.3 is 0 Å². The van der Waals surface area contributed by atoms with Gasteiger partial charge in [0.15, 0.2) is 0 Å². The second-order valence-corrected chi connectivity index (χ2v) is 7.05. The molecule has 0 radical (unpaired) electrons. The lowest BCUT2D eigenvalue weighted by molar-refractivity contribution is -0.308. The van der Waals surface area contributed by atoms with E-state index in [0.717, 1.165) is 22.0 Å². The number of H-pyrrole nitrogens is 2. The highest BCUT2D eigenvalue weighted by Gasteiger charge is 2.17. The number of aromatic hydroxyl groups is 1. The van der Waals surface area contributed by atoms with Crippen molar-refractivity contribution in [1.29, 1.82) is 0 Å². The van der Waals surface area contributed by atoms with Gasteiger partial charge < -0.3 is 30.3 Å². The van der Waals surface area contributed by atoms with Crippen LogP contribution in [0.3, 0.4) is 0 Å². The van der Waals surface area contributed by atoms with Crippen LogP contribution >= 0.6 is 0 Å². The number of carbonyl (C=O) groups excluding carboxylic acids is 2. The first-order chi connectivity index (χ1) is 14.0. The van der Waals surface area contributed by atoms with Gasteiger partial charge in [0.1, 0.15) is 5.75 Å². The predicted octanol–water partition coefficient (Wildman–Crippen LogP) is 1.76. The van der Waals surface area contributed by atoms with Gasteiger partial charge in [0.05, 0.1) is 12.0 Å². The fraction of sp³-hybridized carbons (Fsp3) is 0.182. The Hall–Kier alpha value is -3.74. The van der Waals surface area contributed by atoms with E-state index in [1.807, 2.05) is 30.5 Å². The highest BCUT2D eigenvalue weighted by Crippen LogP contribution is 2.24. The molecule has 148 valence electrons. The van der Waals surface area contributed by atoms with Gasteiger partial charge in [-0.3, -0.25) is 4.79 Å². The molecule has 7 heteroatoms. The average molecular weight is 390 g/mol. The molecule has 7 nitrogen and oxygen atoms in total. The monoisotopic (exact) mass is 390 g/mol. The van der Waals surface area contributed by atoms with E-state index in [9.17, 15) is 19.8 Å². The summed E-state index contributed by atoms with van der Waals surface area (Å²) in [5, 5.41) is 25.6. The molecule has 2 aromatic heterocycles. The van der Waals surface area contributed by atoms with Gasteiger partial charge in [0.2, 0.25) is 5.91 Å². The molecular weight excluding hydrogens is 370 g/mol. The predicted molar refractivity (Wildman–Crippen MR) is 107 cm³/mol. The topological polar surface area (TPSA) is 121 Å². The fourth-order valence-electron chi connectivity index (χ4n) is 3.60. The van der Waals surface area contributed by atoms with Gasteiger partial charge in [-0.05, 0) is 41.8 Å². The summed E-state index contributed by atoms with van der Waals surface area (Å²) in [6, 6.07) is 11.5. The molecule has 0 fully saturated rings. The zero-order valence-corrected chi connectivity index (χ0v) is 15.6. The minimum atomic E-state index is -1.35. The van der Waals surface area contributed by atoms with E-state index in [2.05, 4.69) is 15.3 Å². The number of benzene rings is 2. The first-order valence-electron chi connectivity index (χ1n) is 9.35. The van der Waals surface area contributed by atoms with Crippen LogP contribution in [0.15, 0.2) is 54.9 Å². The summed E-state index contributed by atoms with van der Waals surface area (Å²) in [5.74, 6) is -1.61. The second kappa shape index (κ2) is 7.71. The molecule has 2 aromatic carbocycles. The number of aryl methyl sites for hydroxylation is 1. The van der Waals surface area contributed by atoms with Gasteiger partial charge in [0, 0.05) is 47.0 Å².